The summed E-state index contributed by atoms with van der Waals surface area (Å²) < 4.78 is 8.08. The third-order valence-corrected chi connectivity index (χ3v) is 5.75. The predicted molar refractivity (Wildman–Crippen MR) is 111 cm³/mol. The number of carbonyl (C=O) groups excluding carboxylic acids is 1. The van der Waals surface area contributed by atoms with E-state index in [0.717, 1.165) is 59.7 Å². The van der Waals surface area contributed by atoms with Gasteiger partial charge in [0.2, 0.25) is 5.91 Å². The molecule has 0 spiro atoms. The van der Waals surface area contributed by atoms with Crippen LogP contribution < -0.4 is 9.64 Å². The van der Waals surface area contributed by atoms with Crippen LogP contribution in [0, 0.1) is 5.92 Å². The number of aryl methyl sites for hydroxylation is 1. The monoisotopic (exact) mass is 388 g/mol. The number of rotatable bonds is 4. The highest BCUT2D eigenvalue weighted by Crippen LogP contribution is 2.45. The van der Waals surface area contributed by atoms with Crippen molar-refractivity contribution in [3.05, 3.63) is 54.2 Å². The fraction of sp³-hybridized carbons (Fsp3) is 0.348. The van der Waals surface area contributed by atoms with Crippen LogP contribution in [0.15, 0.2) is 48.7 Å². The SMILES string of the molecule is C[C@H]1CCc2c(ccc(-c3cn(C)nn3)c2Oc2ccccc2)N1C(=O)C1CC1. The number of ether oxygens (including phenoxy) is 1. The Bertz CT molecular complexity index is 1060. The van der Waals surface area contributed by atoms with Gasteiger partial charge in [-0.2, -0.15) is 0 Å². The van der Waals surface area contributed by atoms with Crippen LogP contribution in [0.4, 0.5) is 5.69 Å². The van der Waals surface area contributed by atoms with E-state index in [-0.39, 0.29) is 17.9 Å². The molecule has 1 aromatic heterocycles. The molecule has 2 aromatic carbocycles. The van der Waals surface area contributed by atoms with Gasteiger partial charge in [-0.3, -0.25) is 9.48 Å². The van der Waals surface area contributed by atoms with Gasteiger partial charge in [-0.1, -0.05) is 23.4 Å². The first-order valence-corrected chi connectivity index (χ1v) is 10.2. The summed E-state index contributed by atoms with van der Waals surface area (Å²) in [5.74, 6) is 1.97. The topological polar surface area (TPSA) is 60.2 Å². The Morgan fingerprint density at radius 3 is 2.59 bits per heavy atom. The second-order valence-electron chi connectivity index (χ2n) is 8.00. The highest BCUT2D eigenvalue weighted by atomic mass is 16.5. The van der Waals surface area contributed by atoms with Crippen molar-refractivity contribution in [2.24, 2.45) is 13.0 Å². The van der Waals surface area contributed by atoms with E-state index < -0.39 is 0 Å². The third-order valence-electron chi connectivity index (χ3n) is 5.75. The van der Waals surface area contributed by atoms with Gasteiger partial charge in [-0.25, -0.2) is 0 Å². The highest BCUT2D eigenvalue weighted by Gasteiger charge is 2.39. The Hall–Kier alpha value is -3.15. The number of aromatic nitrogens is 3. The molecule has 2 heterocycles. The van der Waals surface area contributed by atoms with Crippen molar-refractivity contribution >= 4 is 11.6 Å². The zero-order valence-corrected chi connectivity index (χ0v) is 16.7. The molecule has 6 heteroatoms. The minimum Gasteiger partial charge on any atom is -0.456 e. The summed E-state index contributed by atoms with van der Waals surface area (Å²) in [4.78, 5) is 15.0. The van der Waals surface area contributed by atoms with Gasteiger partial charge in [0.25, 0.3) is 0 Å². The van der Waals surface area contributed by atoms with Crippen LogP contribution in [0.25, 0.3) is 11.3 Å². The van der Waals surface area contributed by atoms with E-state index in [1.807, 2.05) is 60.6 Å². The van der Waals surface area contributed by atoms with Gasteiger partial charge in [0, 0.05) is 30.1 Å². The third kappa shape index (κ3) is 3.28. The molecule has 6 nitrogen and oxygen atoms in total. The van der Waals surface area contributed by atoms with Crippen molar-refractivity contribution in [3.8, 4) is 22.8 Å². The van der Waals surface area contributed by atoms with Gasteiger partial charge in [0.05, 0.1) is 11.9 Å². The van der Waals surface area contributed by atoms with E-state index in [2.05, 4.69) is 17.2 Å². The number of fused-ring (bicyclic) bond motifs is 1. The molecular formula is C23H24N4O2. The molecule has 0 saturated heterocycles. The maximum absolute atomic E-state index is 13.0. The van der Waals surface area contributed by atoms with Crippen LogP contribution in [0.1, 0.15) is 31.7 Å². The average molecular weight is 388 g/mol. The fourth-order valence-corrected chi connectivity index (χ4v) is 4.06. The molecule has 1 aliphatic heterocycles. The number of hydrogen-bond donors (Lipinski definition) is 0. The minimum absolute atomic E-state index is 0.182. The van der Waals surface area contributed by atoms with Crippen molar-refractivity contribution < 1.29 is 9.53 Å². The Balaban J connectivity index is 1.65. The molecule has 1 fully saturated rings. The summed E-state index contributed by atoms with van der Waals surface area (Å²) in [6.07, 6.45) is 5.67. The molecule has 1 amide bonds. The van der Waals surface area contributed by atoms with Crippen LogP contribution in [0.5, 0.6) is 11.5 Å². The number of para-hydroxylation sites is 1. The molecule has 3 aromatic rings. The van der Waals surface area contributed by atoms with Crippen LogP contribution in [0.2, 0.25) is 0 Å². The molecule has 0 unspecified atom stereocenters. The molecule has 1 aliphatic carbocycles. The molecule has 29 heavy (non-hydrogen) atoms. The van der Waals surface area contributed by atoms with Crippen LogP contribution >= 0.6 is 0 Å². The summed E-state index contributed by atoms with van der Waals surface area (Å²) in [6, 6.07) is 14.0. The Morgan fingerprint density at radius 2 is 1.90 bits per heavy atom. The molecule has 1 atom stereocenters. The number of hydrogen-bond acceptors (Lipinski definition) is 4. The van der Waals surface area contributed by atoms with E-state index in [4.69, 9.17) is 4.74 Å². The first-order chi connectivity index (χ1) is 14.1. The average Bonchev–Trinajstić information content (AvgIpc) is 3.49. The van der Waals surface area contributed by atoms with E-state index in [0.29, 0.717) is 0 Å². The number of nitrogens with zero attached hydrogens (tertiary/aromatic N) is 4. The lowest BCUT2D eigenvalue weighted by Gasteiger charge is -2.36. The molecule has 148 valence electrons. The zero-order chi connectivity index (χ0) is 20.0. The molecule has 0 radical (unpaired) electrons. The first kappa shape index (κ1) is 17.9. The maximum atomic E-state index is 13.0. The van der Waals surface area contributed by atoms with Crippen molar-refractivity contribution in [1.29, 1.82) is 0 Å². The zero-order valence-electron chi connectivity index (χ0n) is 16.7. The predicted octanol–water partition coefficient (Wildman–Crippen LogP) is 4.35. The first-order valence-electron chi connectivity index (χ1n) is 10.2. The molecule has 1 saturated carbocycles. The number of carbonyl (C=O) groups is 1. The number of amides is 1. The summed E-state index contributed by atoms with van der Waals surface area (Å²) in [5.41, 5.74) is 3.71. The van der Waals surface area contributed by atoms with Crippen molar-refractivity contribution in [2.75, 3.05) is 4.90 Å². The second kappa shape index (κ2) is 7.03. The maximum Gasteiger partial charge on any atom is 0.230 e. The van der Waals surface area contributed by atoms with Crippen molar-refractivity contribution in [1.82, 2.24) is 15.0 Å². The summed E-state index contributed by atoms with van der Waals surface area (Å²) in [5, 5.41) is 8.38. The number of benzene rings is 2. The van der Waals surface area contributed by atoms with Crippen molar-refractivity contribution in [2.45, 2.75) is 38.6 Å². The van der Waals surface area contributed by atoms with Gasteiger partial charge in [-0.15, -0.1) is 5.10 Å². The minimum atomic E-state index is 0.182. The summed E-state index contributed by atoms with van der Waals surface area (Å²) >= 11 is 0. The highest BCUT2D eigenvalue weighted by molar-refractivity contribution is 5.99. The lowest BCUT2D eigenvalue weighted by Crippen LogP contribution is -2.43. The second-order valence-corrected chi connectivity index (χ2v) is 8.00. The molecule has 2 aliphatic rings. The normalized spacial score (nSPS) is 18.4. The van der Waals surface area contributed by atoms with E-state index in [1.165, 1.54) is 0 Å². The van der Waals surface area contributed by atoms with Crippen LogP contribution in [0.3, 0.4) is 0 Å². The van der Waals surface area contributed by atoms with Gasteiger partial charge in [0.15, 0.2) is 0 Å². The Morgan fingerprint density at radius 1 is 1.10 bits per heavy atom. The largest absolute Gasteiger partial charge is 0.456 e. The smallest absolute Gasteiger partial charge is 0.230 e. The van der Waals surface area contributed by atoms with Crippen LogP contribution in [-0.4, -0.2) is 26.9 Å². The lowest BCUT2D eigenvalue weighted by molar-refractivity contribution is -0.120. The molecule has 0 N–H and O–H groups in total. The number of anilines is 1. The molecule has 5 rings (SSSR count). The van der Waals surface area contributed by atoms with Crippen molar-refractivity contribution in [3.63, 3.8) is 0 Å². The van der Waals surface area contributed by atoms with E-state index in [1.54, 1.807) is 4.68 Å². The van der Waals surface area contributed by atoms with Gasteiger partial charge >= 0.3 is 0 Å². The Labute approximate surface area is 170 Å². The standard InChI is InChI=1S/C23H24N4O2/c1-15-8-11-19-21(27(15)23(28)16-9-10-16)13-12-18(20-14-26(2)25-24-20)22(19)29-17-6-4-3-5-7-17/h3-7,12-16H,8-11H2,1-2H3/t15-/m0/s1. The van der Waals surface area contributed by atoms with Gasteiger partial charge < -0.3 is 9.64 Å². The quantitative estimate of drug-likeness (QED) is 0.667. The fourth-order valence-electron chi connectivity index (χ4n) is 4.06. The summed E-state index contributed by atoms with van der Waals surface area (Å²) in [7, 11) is 1.85. The lowest BCUT2D eigenvalue weighted by atomic mass is 9.92. The van der Waals surface area contributed by atoms with Crippen LogP contribution in [-0.2, 0) is 18.3 Å². The molecule has 0 bridgehead atoms. The molecular weight excluding hydrogens is 364 g/mol. The Kier molecular flexibility index (Phi) is 4.34. The summed E-state index contributed by atoms with van der Waals surface area (Å²) in [6.45, 7) is 2.14. The van der Waals surface area contributed by atoms with E-state index in [9.17, 15) is 4.79 Å². The van der Waals surface area contributed by atoms with Gasteiger partial charge in [-0.05, 0) is 56.9 Å². The van der Waals surface area contributed by atoms with Gasteiger partial charge in [0.1, 0.15) is 17.2 Å². The van der Waals surface area contributed by atoms with E-state index >= 15 is 0 Å².